The van der Waals surface area contributed by atoms with Crippen LogP contribution in [0, 0.1) is 0 Å². The van der Waals surface area contributed by atoms with Crippen molar-refractivity contribution >= 4 is 11.7 Å². The molecule has 0 radical (unpaired) electrons. The molecule has 0 aromatic carbocycles. The number of hydrogen-bond acceptors (Lipinski definition) is 5. The standard InChI is InChI=1S/C16H25N3O4/c1-22-9-10-23-14-6-5-13(11-17-14)19-15(20)18-12-16(21)7-3-2-4-8-16/h5-6,11,21H,2-4,7-10,12H2,1H3,(H2,18,19,20). The molecule has 3 N–H and O–H groups in total. The summed E-state index contributed by atoms with van der Waals surface area (Å²) in [5.74, 6) is 0.476. The van der Waals surface area contributed by atoms with Gasteiger partial charge in [-0.2, -0.15) is 0 Å². The zero-order valence-corrected chi connectivity index (χ0v) is 13.5. The van der Waals surface area contributed by atoms with Gasteiger partial charge < -0.3 is 25.2 Å². The van der Waals surface area contributed by atoms with Crippen LogP contribution < -0.4 is 15.4 Å². The van der Waals surface area contributed by atoms with Crippen molar-refractivity contribution in [1.29, 1.82) is 0 Å². The van der Waals surface area contributed by atoms with Crippen LogP contribution in [-0.2, 0) is 4.74 Å². The lowest BCUT2D eigenvalue weighted by Crippen LogP contribution is -2.45. The Hall–Kier alpha value is -1.86. The van der Waals surface area contributed by atoms with Gasteiger partial charge in [-0.3, -0.25) is 0 Å². The number of rotatable bonds is 7. The molecule has 0 aliphatic heterocycles. The molecule has 1 aromatic heterocycles. The van der Waals surface area contributed by atoms with E-state index in [1.807, 2.05) is 0 Å². The smallest absolute Gasteiger partial charge is 0.319 e. The van der Waals surface area contributed by atoms with Crippen molar-refractivity contribution in [3.63, 3.8) is 0 Å². The Morgan fingerprint density at radius 2 is 2.09 bits per heavy atom. The highest BCUT2D eigenvalue weighted by Gasteiger charge is 2.29. The Morgan fingerprint density at radius 1 is 1.30 bits per heavy atom. The summed E-state index contributed by atoms with van der Waals surface area (Å²) in [5.41, 5.74) is -0.204. The quantitative estimate of drug-likeness (QED) is 0.667. The SMILES string of the molecule is COCCOc1ccc(NC(=O)NCC2(O)CCCCC2)cn1. The zero-order chi connectivity index (χ0) is 16.5. The topological polar surface area (TPSA) is 92.7 Å². The Balaban J connectivity index is 1.74. The van der Waals surface area contributed by atoms with Gasteiger partial charge in [-0.25, -0.2) is 9.78 Å². The number of amides is 2. The number of aliphatic hydroxyl groups is 1. The van der Waals surface area contributed by atoms with Crippen LogP contribution in [0.1, 0.15) is 32.1 Å². The number of hydrogen-bond donors (Lipinski definition) is 3. The number of nitrogens with zero attached hydrogens (tertiary/aromatic N) is 1. The van der Waals surface area contributed by atoms with Crippen LogP contribution >= 0.6 is 0 Å². The van der Waals surface area contributed by atoms with Crippen LogP contribution in [0.25, 0.3) is 0 Å². The maximum absolute atomic E-state index is 11.9. The van der Waals surface area contributed by atoms with Gasteiger partial charge in [0, 0.05) is 19.7 Å². The first-order chi connectivity index (χ1) is 11.1. The highest BCUT2D eigenvalue weighted by atomic mass is 16.5. The van der Waals surface area contributed by atoms with Gasteiger partial charge in [0.1, 0.15) is 6.61 Å². The summed E-state index contributed by atoms with van der Waals surface area (Å²) in [5, 5.41) is 15.8. The van der Waals surface area contributed by atoms with Gasteiger partial charge in [0.05, 0.1) is 24.1 Å². The van der Waals surface area contributed by atoms with Crippen molar-refractivity contribution in [3.8, 4) is 5.88 Å². The van der Waals surface area contributed by atoms with Crippen molar-refractivity contribution in [3.05, 3.63) is 18.3 Å². The Bertz CT molecular complexity index is 487. The Kier molecular flexibility index (Phi) is 6.61. The fourth-order valence-electron chi connectivity index (χ4n) is 2.58. The van der Waals surface area contributed by atoms with E-state index in [1.54, 1.807) is 19.2 Å². The number of urea groups is 1. The molecule has 1 aromatic rings. The van der Waals surface area contributed by atoms with Gasteiger partial charge in [0.25, 0.3) is 0 Å². The maximum atomic E-state index is 11.9. The molecule has 7 nitrogen and oxygen atoms in total. The minimum absolute atomic E-state index is 0.268. The van der Waals surface area contributed by atoms with E-state index in [0.29, 0.717) is 24.8 Å². The summed E-state index contributed by atoms with van der Waals surface area (Å²) in [6, 6.07) is 3.04. The van der Waals surface area contributed by atoms with Crippen molar-refractivity contribution in [2.45, 2.75) is 37.7 Å². The normalized spacial score (nSPS) is 16.6. The molecule has 0 atom stereocenters. The van der Waals surface area contributed by atoms with Crippen molar-refractivity contribution in [2.24, 2.45) is 0 Å². The van der Waals surface area contributed by atoms with Crippen LogP contribution in [0.4, 0.5) is 10.5 Å². The number of ether oxygens (including phenoxy) is 2. The van der Waals surface area contributed by atoms with Crippen LogP contribution in [0.2, 0.25) is 0 Å². The van der Waals surface area contributed by atoms with Gasteiger partial charge in [-0.1, -0.05) is 19.3 Å². The van der Waals surface area contributed by atoms with Crippen LogP contribution in [-0.4, -0.2) is 48.6 Å². The summed E-state index contributed by atoms with van der Waals surface area (Å²) in [6.07, 6.45) is 6.17. The zero-order valence-electron chi connectivity index (χ0n) is 13.5. The molecule has 1 heterocycles. The molecule has 1 aliphatic rings. The number of carbonyl (C=O) groups is 1. The molecule has 0 saturated heterocycles. The Morgan fingerprint density at radius 3 is 2.74 bits per heavy atom. The van der Waals surface area contributed by atoms with E-state index in [-0.39, 0.29) is 12.6 Å². The molecule has 23 heavy (non-hydrogen) atoms. The molecule has 0 bridgehead atoms. The fourth-order valence-corrected chi connectivity index (χ4v) is 2.58. The molecule has 0 spiro atoms. The molecular weight excluding hydrogens is 298 g/mol. The molecule has 0 unspecified atom stereocenters. The summed E-state index contributed by atoms with van der Waals surface area (Å²) in [7, 11) is 1.60. The highest BCUT2D eigenvalue weighted by Crippen LogP contribution is 2.27. The molecule has 2 amide bonds. The number of aromatic nitrogens is 1. The van der Waals surface area contributed by atoms with Crippen LogP contribution in [0.3, 0.4) is 0 Å². The van der Waals surface area contributed by atoms with E-state index in [1.165, 1.54) is 6.20 Å². The number of anilines is 1. The molecule has 128 valence electrons. The van der Waals surface area contributed by atoms with Gasteiger partial charge in [-0.15, -0.1) is 0 Å². The average Bonchev–Trinajstić information content (AvgIpc) is 2.56. The van der Waals surface area contributed by atoms with E-state index in [2.05, 4.69) is 15.6 Å². The largest absolute Gasteiger partial charge is 0.475 e. The van der Waals surface area contributed by atoms with E-state index in [4.69, 9.17) is 9.47 Å². The lowest BCUT2D eigenvalue weighted by molar-refractivity contribution is 0.00755. The molecular formula is C16H25N3O4. The number of pyridine rings is 1. The van der Waals surface area contributed by atoms with Crippen molar-refractivity contribution in [2.75, 3.05) is 32.2 Å². The van der Waals surface area contributed by atoms with E-state index in [9.17, 15) is 9.90 Å². The molecule has 1 fully saturated rings. The third kappa shape index (κ3) is 6.03. The number of methoxy groups -OCH3 is 1. The van der Waals surface area contributed by atoms with Crippen molar-refractivity contribution in [1.82, 2.24) is 10.3 Å². The lowest BCUT2D eigenvalue weighted by Gasteiger charge is -2.32. The second-order valence-corrected chi connectivity index (χ2v) is 5.82. The Labute approximate surface area is 136 Å². The molecule has 7 heteroatoms. The van der Waals surface area contributed by atoms with Gasteiger partial charge in [0.15, 0.2) is 0 Å². The number of nitrogens with one attached hydrogen (secondary N) is 2. The first kappa shape index (κ1) is 17.5. The third-order valence-corrected chi connectivity index (χ3v) is 3.89. The van der Waals surface area contributed by atoms with Crippen LogP contribution in [0.5, 0.6) is 5.88 Å². The van der Waals surface area contributed by atoms with E-state index in [0.717, 1.165) is 32.1 Å². The van der Waals surface area contributed by atoms with E-state index >= 15 is 0 Å². The van der Waals surface area contributed by atoms with Gasteiger partial charge in [-0.05, 0) is 18.9 Å². The highest BCUT2D eigenvalue weighted by molar-refractivity contribution is 5.89. The summed E-state index contributed by atoms with van der Waals surface area (Å²) < 4.78 is 10.2. The van der Waals surface area contributed by atoms with Crippen LogP contribution in [0.15, 0.2) is 18.3 Å². The summed E-state index contributed by atoms with van der Waals surface area (Å²) >= 11 is 0. The predicted molar refractivity (Wildman–Crippen MR) is 86.7 cm³/mol. The maximum Gasteiger partial charge on any atom is 0.319 e. The summed E-state index contributed by atoms with van der Waals surface area (Å²) in [6.45, 7) is 1.19. The first-order valence-electron chi connectivity index (χ1n) is 7.96. The fraction of sp³-hybridized carbons (Fsp3) is 0.625. The average molecular weight is 323 g/mol. The molecule has 1 saturated carbocycles. The molecule has 1 aliphatic carbocycles. The van der Waals surface area contributed by atoms with Gasteiger partial charge in [0.2, 0.25) is 5.88 Å². The minimum Gasteiger partial charge on any atom is -0.475 e. The van der Waals surface area contributed by atoms with Gasteiger partial charge >= 0.3 is 6.03 Å². The third-order valence-electron chi connectivity index (χ3n) is 3.89. The second kappa shape index (κ2) is 8.69. The summed E-state index contributed by atoms with van der Waals surface area (Å²) in [4.78, 5) is 16.0. The lowest BCUT2D eigenvalue weighted by atomic mass is 9.85. The van der Waals surface area contributed by atoms with Crippen molar-refractivity contribution < 1.29 is 19.4 Å². The second-order valence-electron chi connectivity index (χ2n) is 5.82. The first-order valence-corrected chi connectivity index (χ1v) is 7.96. The minimum atomic E-state index is -0.771. The monoisotopic (exact) mass is 323 g/mol. The number of carbonyl (C=O) groups excluding carboxylic acids is 1. The molecule has 2 rings (SSSR count). The predicted octanol–water partition coefficient (Wildman–Crippen LogP) is 1.92. The van der Waals surface area contributed by atoms with E-state index < -0.39 is 5.60 Å².